The van der Waals surface area contributed by atoms with Crippen LogP contribution < -0.4 is 5.69 Å². The van der Waals surface area contributed by atoms with Crippen LogP contribution in [0.5, 0.6) is 0 Å². The number of aromatic nitrogens is 3. The number of hydrogen-bond donors (Lipinski definition) is 1. The highest BCUT2D eigenvalue weighted by atomic mass is 35.5. The first-order valence-electron chi connectivity index (χ1n) is 1.98. The van der Waals surface area contributed by atoms with E-state index in [4.69, 9.17) is 23.2 Å². The van der Waals surface area contributed by atoms with E-state index in [-0.39, 0.29) is 10.6 Å². The average molecular weight is 166 g/mol. The molecule has 0 saturated heterocycles. The molecular formula is C3HCl2N3O. The minimum Gasteiger partial charge on any atom is -0.280 e. The fraction of sp³-hybridized carbons (Fsp3) is 0. The lowest BCUT2D eigenvalue weighted by Gasteiger charge is -1.85. The van der Waals surface area contributed by atoms with Gasteiger partial charge in [0.1, 0.15) is 0 Å². The van der Waals surface area contributed by atoms with Gasteiger partial charge in [-0.15, -0.1) is 0 Å². The van der Waals surface area contributed by atoms with Crippen LogP contribution in [0.1, 0.15) is 0 Å². The molecule has 1 aromatic rings. The topological polar surface area (TPSA) is 58.6 Å². The van der Waals surface area contributed by atoms with E-state index < -0.39 is 5.69 Å². The van der Waals surface area contributed by atoms with E-state index in [1.165, 1.54) is 0 Å². The molecule has 0 radical (unpaired) electrons. The van der Waals surface area contributed by atoms with E-state index in [1.54, 1.807) is 0 Å². The van der Waals surface area contributed by atoms with Gasteiger partial charge in [0.15, 0.2) is 0 Å². The Kier molecular flexibility index (Phi) is 1.68. The fourth-order valence-electron chi connectivity index (χ4n) is 0.334. The van der Waals surface area contributed by atoms with E-state index >= 15 is 0 Å². The third-order valence-corrected chi connectivity index (χ3v) is 0.942. The number of rotatable bonds is 0. The van der Waals surface area contributed by atoms with Gasteiger partial charge in [0.2, 0.25) is 10.6 Å². The van der Waals surface area contributed by atoms with Gasteiger partial charge in [-0.05, 0) is 23.2 Å². The molecule has 0 saturated carbocycles. The van der Waals surface area contributed by atoms with Gasteiger partial charge in [0.25, 0.3) is 0 Å². The van der Waals surface area contributed by atoms with Gasteiger partial charge in [-0.25, -0.2) is 4.79 Å². The first kappa shape index (κ1) is 6.51. The lowest BCUT2D eigenvalue weighted by Crippen LogP contribution is -2.11. The Labute approximate surface area is 59.9 Å². The summed E-state index contributed by atoms with van der Waals surface area (Å²) in [6.45, 7) is 0. The predicted molar refractivity (Wildman–Crippen MR) is 32.7 cm³/mol. The summed E-state index contributed by atoms with van der Waals surface area (Å²) in [5, 5.41) is -0.205. The number of H-pyrrole nitrogens is 1. The van der Waals surface area contributed by atoms with Crippen molar-refractivity contribution in [3.05, 3.63) is 21.1 Å². The highest BCUT2D eigenvalue weighted by molar-refractivity contribution is 6.30. The monoisotopic (exact) mass is 165 g/mol. The van der Waals surface area contributed by atoms with E-state index in [0.717, 1.165) is 0 Å². The van der Waals surface area contributed by atoms with Crippen LogP contribution in [0.3, 0.4) is 0 Å². The second-order valence-corrected chi connectivity index (χ2v) is 1.91. The standard InChI is InChI=1S/C3HCl2N3O/c4-1-6-2(5)8-3(9)7-1/h(H,6,7,8,9). The van der Waals surface area contributed by atoms with Crippen molar-refractivity contribution >= 4 is 23.2 Å². The van der Waals surface area contributed by atoms with Crippen LogP contribution in [-0.2, 0) is 0 Å². The summed E-state index contributed by atoms with van der Waals surface area (Å²) in [4.78, 5) is 19.0. The van der Waals surface area contributed by atoms with Gasteiger partial charge in [-0.1, -0.05) is 0 Å². The number of hydrogen-bond acceptors (Lipinski definition) is 3. The van der Waals surface area contributed by atoms with Crippen molar-refractivity contribution in [2.45, 2.75) is 0 Å². The summed E-state index contributed by atoms with van der Waals surface area (Å²) < 4.78 is 0. The van der Waals surface area contributed by atoms with Crippen LogP contribution in [0.15, 0.2) is 4.79 Å². The van der Waals surface area contributed by atoms with Gasteiger partial charge in [-0.2, -0.15) is 9.97 Å². The molecule has 0 aliphatic heterocycles. The van der Waals surface area contributed by atoms with Gasteiger partial charge < -0.3 is 0 Å². The van der Waals surface area contributed by atoms with Crippen molar-refractivity contribution in [2.24, 2.45) is 0 Å². The molecule has 0 unspecified atom stereocenters. The lowest BCUT2D eigenvalue weighted by atomic mass is 11.0. The summed E-state index contributed by atoms with van der Waals surface area (Å²) in [6, 6.07) is 0. The zero-order chi connectivity index (χ0) is 6.85. The van der Waals surface area contributed by atoms with Crippen LogP contribution in [-0.4, -0.2) is 15.0 Å². The molecule has 4 nitrogen and oxygen atoms in total. The first-order chi connectivity index (χ1) is 4.18. The van der Waals surface area contributed by atoms with Crippen LogP contribution in [0.25, 0.3) is 0 Å². The van der Waals surface area contributed by atoms with Gasteiger partial charge >= 0.3 is 5.69 Å². The molecule has 0 spiro atoms. The minimum atomic E-state index is -0.597. The second-order valence-electron chi connectivity index (χ2n) is 1.21. The summed E-state index contributed by atoms with van der Waals surface area (Å²) in [5.74, 6) is 0. The third-order valence-electron chi connectivity index (χ3n) is 0.594. The molecule has 0 amide bonds. The predicted octanol–water partition coefficient (Wildman–Crippen LogP) is 0.472. The summed E-state index contributed by atoms with van der Waals surface area (Å²) >= 11 is 10.5. The highest BCUT2D eigenvalue weighted by Gasteiger charge is 1.93. The molecule has 0 atom stereocenters. The minimum absolute atomic E-state index is 0.0556. The van der Waals surface area contributed by atoms with Crippen LogP contribution in [0.2, 0.25) is 10.6 Å². The Morgan fingerprint density at radius 2 is 2.00 bits per heavy atom. The maximum absolute atomic E-state index is 10.3. The van der Waals surface area contributed by atoms with Crippen LogP contribution in [0, 0.1) is 0 Å². The Morgan fingerprint density at radius 3 is 2.44 bits per heavy atom. The molecule has 1 N–H and O–H groups in total. The maximum atomic E-state index is 10.3. The van der Waals surface area contributed by atoms with Gasteiger partial charge in [0, 0.05) is 0 Å². The number of halogens is 2. The quantitative estimate of drug-likeness (QED) is 0.609. The number of nitrogens with one attached hydrogen (secondary N) is 1. The zero-order valence-corrected chi connectivity index (χ0v) is 5.57. The third kappa shape index (κ3) is 1.65. The van der Waals surface area contributed by atoms with E-state index in [9.17, 15) is 4.79 Å². The number of nitrogens with zero attached hydrogens (tertiary/aromatic N) is 2. The first-order valence-corrected chi connectivity index (χ1v) is 2.73. The zero-order valence-electron chi connectivity index (χ0n) is 4.06. The molecule has 1 rings (SSSR count). The Hall–Kier alpha value is -0.610. The lowest BCUT2D eigenvalue weighted by molar-refractivity contribution is 0.986. The highest BCUT2D eigenvalue weighted by Crippen LogP contribution is 1.98. The molecule has 0 aromatic carbocycles. The van der Waals surface area contributed by atoms with Crippen molar-refractivity contribution in [3.8, 4) is 0 Å². The summed E-state index contributed by atoms with van der Waals surface area (Å²) in [7, 11) is 0. The van der Waals surface area contributed by atoms with Gasteiger partial charge in [-0.3, -0.25) is 4.98 Å². The van der Waals surface area contributed by atoms with Crippen molar-refractivity contribution in [2.75, 3.05) is 0 Å². The molecular weight excluding hydrogens is 165 g/mol. The molecule has 0 bridgehead atoms. The van der Waals surface area contributed by atoms with Crippen molar-refractivity contribution in [1.29, 1.82) is 0 Å². The van der Waals surface area contributed by atoms with Crippen molar-refractivity contribution in [1.82, 2.24) is 15.0 Å². The summed E-state index contributed by atoms with van der Waals surface area (Å²) in [5.41, 5.74) is -0.597. The SMILES string of the molecule is O=c1nc(Cl)nc(Cl)[nH]1. The second kappa shape index (κ2) is 2.33. The smallest absolute Gasteiger partial charge is 0.280 e. The largest absolute Gasteiger partial charge is 0.350 e. The molecule has 0 aliphatic carbocycles. The van der Waals surface area contributed by atoms with E-state index in [2.05, 4.69) is 15.0 Å². The molecule has 0 fully saturated rings. The van der Waals surface area contributed by atoms with E-state index in [1.807, 2.05) is 0 Å². The molecule has 48 valence electrons. The Bertz CT molecular complexity index is 247. The van der Waals surface area contributed by atoms with Crippen molar-refractivity contribution in [3.63, 3.8) is 0 Å². The Morgan fingerprint density at radius 1 is 1.33 bits per heavy atom. The molecule has 6 heteroatoms. The molecule has 1 aromatic heterocycles. The maximum Gasteiger partial charge on any atom is 0.350 e. The number of aromatic amines is 1. The molecule has 0 aliphatic rings. The fourth-order valence-corrected chi connectivity index (χ4v) is 0.699. The van der Waals surface area contributed by atoms with E-state index in [0.29, 0.717) is 0 Å². The Balaban J connectivity index is 3.33. The molecule has 9 heavy (non-hydrogen) atoms. The van der Waals surface area contributed by atoms with Gasteiger partial charge in [0.05, 0.1) is 0 Å². The van der Waals surface area contributed by atoms with Crippen LogP contribution in [0.4, 0.5) is 0 Å². The average Bonchev–Trinajstić information content (AvgIpc) is 1.59. The summed E-state index contributed by atoms with van der Waals surface area (Å²) in [6.07, 6.45) is 0. The van der Waals surface area contributed by atoms with Crippen LogP contribution >= 0.6 is 23.2 Å². The molecule has 1 heterocycles. The van der Waals surface area contributed by atoms with Crippen molar-refractivity contribution < 1.29 is 0 Å². The normalized spacial score (nSPS) is 9.56.